The lowest BCUT2D eigenvalue weighted by Crippen LogP contribution is -2.26. The fraction of sp³-hybridized carbons (Fsp3) is 0.500. The molecule has 1 aromatic heterocycles. The van der Waals surface area contributed by atoms with E-state index in [1.54, 1.807) is 0 Å². The first-order valence-corrected chi connectivity index (χ1v) is 6.46. The van der Waals surface area contributed by atoms with Gasteiger partial charge in [-0.3, -0.25) is 0 Å². The van der Waals surface area contributed by atoms with Crippen molar-refractivity contribution in [3.8, 4) is 0 Å². The van der Waals surface area contributed by atoms with Crippen LogP contribution in [0.2, 0.25) is 0 Å². The van der Waals surface area contributed by atoms with E-state index in [0.29, 0.717) is 0 Å². The maximum atomic E-state index is 6.14. The second-order valence-corrected chi connectivity index (χ2v) is 4.53. The molecule has 0 aliphatic carbocycles. The van der Waals surface area contributed by atoms with E-state index in [1.807, 2.05) is 6.07 Å². The Morgan fingerprint density at radius 3 is 2.76 bits per heavy atom. The van der Waals surface area contributed by atoms with Gasteiger partial charge in [-0.15, -0.1) is 0 Å². The summed E-state index contributed by atoms with van der Waals surface area (Å²) >= 11 is 0. The summed E-state index contributed by atoms with van der Waals surface area (Å²) in [7, 11) is 0. The molecule has 1 atom stereocenters. The molecule has 1 heterocycles. The van der Waals surface area contributed by atoms with E-state index in [2.05, 4.69) is 41.6 Å². The summed E-state index contributed by atoms with van der Waals surface area (Å²) in [5.74, 6) is 1.14. The predicted molar refractivity (Wildman–Crippen MR) is 72.0 cm³/mol. The molecule has 1 aromatic carbocycles. The Kier molecular flexibility index (Phi) is 3.79. The Hall–Kier alpha value is -1.35. The SMILES string of the molecule is CCCC(N)Cn1c(CC)nc2ccccc21. The van der Waals surface area contributed by atoms with Gasteiger partial charge < -0.3 is 10.3 Å². The lowest BCUT2D eigenvalue weighted by molar-refractivity contribution is 0.511. The summed E-state index contributed by atoms with van der Waals surface area (Å²) < 4.78 is 2.27. The van der Waals surface area contributed by atoms with E-state index in [1.165, 1.54) is 5.52 Å². The van der Waals surface area contributed by atoms with Crippen LogP contribution < -0.4 is 5.73 Å². The van der Waals surface area contributed by atoms with Gasteiger partial charge in [0.05, 0.1) is 11.0 Å². The Morgan fingerprint density at radius 2 is 2.06 bits per heavy atom. The first-order valence-electron chi connectivity index (χ1n) is 6.46. The minimum absolute atomic E-state index is 0.225. The van der Waals surface area contributed by atoms with Crippen LogP contribution in [0, 0.1) is 0 Å². The van der Waals surface area contributed by atoms with Gasteiger partial charge in [-0.05, 0) is 18.6 Å². The van der Waals surface area contributed by atoms with Crippen molar-refractivity contribution in [2.24, 2.45) is 5.73 Å². The fourth-order valence-electron chi connectivity index (χ4n) is 2.30. The van der Waals surface area contributed by atoms with Crippen molar-refractivity contribution in [2.45, 2.75) is 45.7 Å². The van der Waals surface area contributed by atoms with Gasteiger partial charge in [-0.1, -0.05) is 32.4 Å². The summed E-state index contributed by atoms with van der Waals surface area (Å²) in [6.07, 6.45) is 3.15. The number of fused-ring (bicyclic) bond motifs is 1. The lowest BCUT2D eigenvalue weighted by atomic mass is 10.2. The highest BCUT2D eigenvalue weighted by Gasteiger charge is 2.11. The molecule has 0 aliphatic rings. The molecular weight excluding hydrogens is 210 g/mol. The molecule has 17 heavy (non-hydrogen) atoms. The van der Waals surface area contributed by atoms with Crippen LogP contribution in [0.1, 0.15) is 32.5 Å². The molecule has 2 N–H and O–H groups in total. The van der Waals surface area contributed by atoms with Gasteiger partial charge in [0.15, 0.2) is 0 Å². The molecule has 3 nitrogen and oxygen atoms in total. The van der Waals surface area contributed by atoms with Crippen LogP contribution >= 0.6 is 0 Å². The Labute approximate surface area is 103 Å². The Bertz CT molecular complexity index is 487. The number of aromatic nitrogens is 2. The highest BCUT2D eigenvalue weighted by Crippen LogP contribution is 2.17. The van der Waals surface area contributed by atoms with Crippen LogP contribution in [0.3, 0.4) is 0 Å². The van der Waals surface area contributed by atoms with E-state index in [-0.39, 0.29) is 6.04 Å². The molecule has 0 bridgehead atoms. The molecule has 0 amide bonds. The van der Waals surface area contributed by atoms with Crippen molar-refractivity contribution >= 4 is 11.0 Å². The molecule has 3 heteroatoms. The summed E-state index contributed by atoms with van der Waals surface area (Å²) in [4.78, 5) is 4.65. The van der Waals surface area contributed by atoms with Gasteiger partial charge in [0, 0.05) is 19.0 Å². The third-order valence-electron chi connectivity index (χ3n) is 3.13. The molecule has 0 saturated carbocycles. The highest BCUT2D eigenvalue weighted by molar-refractivity contribution is 5.75. The first-order chi connectivity index (χ1) is 8.26. The van der Waals surface area contributed by atoms with Crippen LogP contribution in [-0.2, 0) is 13.0 Å². The van der Waals surface area contributed by atoms with Crippen molar-refractivity contribution < 1.29 is 0 Å². The van der Waals surface area contributed by atoms with E-state index < -0.39 is 0 Å². The topological polar surface area (TPSA) is 43.8 Å². The van der Waals surface area contributed by atoms with Gasteiger partial charge in [0.25, 0.3) is 0 Å². The Balaban J connectivity index is 2.36. The first kappa shape index (κ1) is 12.1. The van der Waals surface area contributed by atoms with Gasteiger partial charge in [0.2, 0.25) is 0 Å². The van der Waals surface area contributed by atoms with Crippen molar-refractivity contribution in [3.63, 3.8) is 0 Å². The van der Waals surface area contributed by atoms with Crippen LogP contribution in [0.4, 0.5) is 0 Å². The minimum atomic E-state index is 0.225. The highest BCUT2D eigenvalue weighted by atomic mass is 15.1. The molecule has 0 aliphatic heterocycles. The number of hydrogen-bond donors (Lipinski definition) is 1. The third-order valence-corrected chi connectivity index (χ3v) is 3.13. The number of aryl methyl sites for hydroxylation is 1. The maximum absolute atomic E-state index is 6.14. The minimum Gasteiger partial charge on any atom is -0.326 e. The summed E-state index contributed by atoms with van der Waals surface area (Å²) in [6.45, 7) is 5.19. The number of nitrogens with zero attached hydrogens (tertiary/aromatic N) is 2. The van der Waals surface area contributed by atoms with Gasteiger partial charge in [-0.2, -0.15) is 0 Å². The average Bonchev–Trinajstić information content (AvgIpc) is 2.68. The zero-order chi connectivity index (χ0) is 12.3. The molecule has 0 saturated heterocycles. The predicted octanol–water partition coefficient (Wildman–Crippen LogP) is 2.73. The van der Waals surface area contributed by atoms with Crippen LogP contribution in [-0.4, -0.2) is 15.6 Å². The van der Waals surface area contributed by atoms with E-state index in [9.17, 15) is 0 Å². The second kappa shape index (κ2) is 5.32. The zero-order valence-electron chi connectivity index (χ0n) is 10.7. The normalized spacial score (nSPS) is 13.1. The number of nitrogens with two attached hydrogens (primary N) is 1. The monoisotopic (exact) mass is 231 g/mol. The maximum Gasteiger partial charge on any atom is 0.109 e. The number of benzene rings is 1. The molecule has 0 radical (unpaired) electrons. The third kappa shape index (κ3) is 2.50. The summed E-state index contributed by atoms with van der Waals surface area (Å²) in [5, 5.41) is 0. The zero-order valence-corrected chi connectivity index (χ0v) is 10.7. The largest absolute Gasteiger partial charge is 0.326 e. The number of hydrogen-bond acceptors (Lipinski definition) is 2. The van der Waals surface area contributed by atoms with Crippen LogP contribution in [0.5, 0.6) is 0 Å². The van der Waals surface area contributed by atoms with Gasteiger partial charge in [0.1, 0.15) is 5.82 Å². The van der Waals surface area contributed by atoms with Crippen molar-refractivity contribution in [1.82, 2.24) is 9.55 Å². The number of para-hydroxylation sites is 2. The van der Waals surface area contributed by atoms with Gasteiger partial charge >= 0.3 is 0 Å². The van der Waals surface area contributed by atoms with Crippen molar-refractivity contribution in [3.05, 3.63) is 30.1 Å². The standard InChI is InChI=1S/C14H21N3/c1-3-7-11(15)10-17-13-9-6-5-8-12(13)16-14(17)4-2/h5-6,8-9,11H,3-4,7,10,15H2,1-2H3. The number of imidazole rings is 1. The van der Waals surface area contributed by atoms with E-state index >= 15 is 0 Å². The summed E-state index contributed by atoms with van der Waals surface area (Å²) in [5.41, 5.74) is 8.42. The molecular formula is C14H21N3. The second-order valence-electron chi connectivity index (χ2n) is 4.53. The Morgan fingerprint density at radius 1 is 1.29 bits per heavy atom. The summed E-state index contributed by atoms with van der Waals surface area (Å²) in [6, 6.07) is 8.51. The van der Waals surface area contributed by atoms with Crippen LogP contribution in [0.25, 0.3) is 11.0 Å². The smallest absolute Gasteiger partial charge is 0.109 e. The molecule has 0 spiro atoms. The fourth-order valence-corrected chi connectivity index (χ4v) is 2.30. The molecule has 1 unspecified atom stereocenters. The van der Waals surface area contributed by atoms with Gasteiger partial charge in [-0.25, -0.2) is 4.98 Å². The van der Waals surface area contributed by atoms with E-state index in [0.717, 1.165) is 37.1 Å². The quantitative estimate of drug-likeness (QED) is 0.860. The molecule has 2 aromatic rings. The lowest BCUT2D eigenvalue weighted by Gasteiger charge is -2.14. The molecule has 2 rings (SSSR count). The average molecular weight is 231 g/mol. The molecule has 0 fully saturated rings. The van der Waals surface area contributed by atoms with Crippen molar-refractivity contribution in [1.29, 1.82) is 0 Å². The van der Waals surface area contributed by atoms with Crippen LogP contribution in [0.15, 0.2) is 24.3 Å². The van der Waals surface area contributed by atoms with Crippen molar-refractivity contribution in [2.75, 3.05) is 0 Å². The number of rotatable bonds is 5. The van der Waals surface area contributed by atoms with E-state index in [4.69, 9.17) is 5.73 Å². The molecule has 92 valence electrons.